The number of esters is 1. The first kappa shape index (κ1) is 71.9. The van der Waals surface area contributed by atoms with Crippen LogP contribution in [0.3, 0.4) is 0 Å². The lowest BCUT2D eigenvalue weighted by Crippen LogP contribution is -2.58. The molecule has 4 rings (SSSR count). The van der Waals surface area contributed by atoms with Crippen LogP contribution in [0.1, 0.15) is 159 Å². The number of aliphatic carboxylic acids is 1. The number of likely N-dealkylation sites (N-methyl/N-ethyl adjacent to an activating group) is 1. The highest BCUT2D eigenvalue weighted by Crippen LogP contribution is 2.32. The summed E-state index contributed by atoms with van der Waals surface area (Å²) < 4.78 is 11.2. The summed E-state index contributed by atoms with van der Waals surface area (Å²) in [4.78, 5) is 143. The first-order valence-electron chi connectivity index (χ1n) is 29.9. The third-order valence-corrected chi connectivity index (χ3v) is 15.9. The van der Waals surface area contributed by atoms with Crippen molar-refractivity contribution in [3.63, 3.8) is 0 Å². The Hall–Kier alpha value is -7.53. The van der Waals surface area contributed by atoms with Crippen molar-refractivity contribution >= 4 is 82.3 Å². The predicted molar refractivity (Wildman–Crippen MR) is 328 cm³/mol. The number of allylic oxidation sites excluding steroid dienone is 2. The van der Waals surface area contributed by atoms with E-state index in [2.05, 4.69) is 43.1 Å². The van der Waals surface area contributed by atoms with Crippen LogP contribution in [0.4, 0.5) is 5.69 Å². The summed E-state index contributed by atoms with van der Waals surface area (Å²) in [5.74, 6) is -4.64. The number of nitrogens with zero attached hydrogens (tertiary/aromatic N) is 3. The molecule has 8 N–H and O–H groups in total. The van der Waals surface area contributed by atoms with Crippen LogP contribution in [0.25, 0.3) is 6.08 Å². The van der Waals surface area contributed by atoms with Crippen LogP contribution in [-0.2, 0) is 57.5 Å². The van der Waals surface area contributed by atoms with Crippen molar-refractivity contribution < 1.29 is 67.4 Å². The fraction of sp³-hybridized carbons (Fsp3) is 0.597. The number of nitrogens with one attached hydrogen (secondary N) is 7. The van der Waals surface area contributed by atoms with Crippen molar-refractivity contribution in [3.8, 4) is 12.3 Å². The number of ether oxygens (including phenoxy) is 2. The van der Waals surface area contributed by atoms with Gasteiger partial charge >= 0.3 is 11.9 Å². The van der Waals surface area contributed by atoms with E-state index < -0.39 is 96.3 Å². The minimum atomic E-state index is -1.35. The van der Waals surface area contributed by atoms with Gasteiger partial charge in [-0.25, -0.2) is 10.0 Å². The number of carboxylic acids is 1. The molecule has 8 amide bonds. The van der Waals surface area contributed by atoms with Gasteiger partial charge in [-0.3, -0.25) is 57.7 Å². The number of carboxylic acid groups (broad SMARTS) is 1. The number of terminal acetylenes is 1. The quantitative estimate of drug-likeness (QED) is 0.0151. The molecule has 2 aliphatic rings. The summed E-state index contributed by atoms with van der Waals surface area (Å²) >= 11 is 1.14. The third kappa shape index (κ3) is 25.8. The molecule has 0 saturated carbocycles. The molecule has 0 spiro atoms. The molecule has 1 aliphatic heterocycles. The second kappa shape index (κ2) is 37.2. The van der Waals surface area contributed by atoms with Crippen molar-refractivity contribution in [2.24, 2.45) is 17.3 Å². The van der Waals surface area contributed by atoms with Crippen LogP contribution < -0.4 is 37.2 Å². The summed E-state index contributed by atoms with van der Waals surface area (Å²) in [6.45, 7) is 10.7. The third-order valence-electron chi connectivity index (χ3n) is 14.9. The van der Waals surface area contributed by atoms with E-state index in [4.69, 9.17) is 25.7 Å². The van der Waals surface area contributed by atoms with Gasteiger partial charge in [-0.05, 0) is 108 Å². The standard InChI is InChI=1S/C62H90N10O14S/c1-10-12-20-29-86-72(60(81)56(41(5)11-2)70-58(80)49-23-18-19-28-71(49)9)50(40(3)4)31-44(37-84-42(6)73)59-69-48(39-87-59)57(79)68-46(32-62(7,8)61(82)83)30-43-24-26-45(27-25-43)67-54(77)36-65-52(75)34-63-51(74)33-64-53(76)35-66-55(78)38-85-47-21-16-14-13-15-17-22-47/h1,16,21,24-27,30,39-41,44,47,49-50,56H,11-15,17-20,22-23,28-29,31-38H2,2-9H3,(H,63,74)(H,64,76)(H,65,75)(H,66,78)(H,67,77)(H,68,79)(H,70,80)(H,82,83)/b21-16?,46-30+/t41-,44-,47?,49+,50+,56-/m0/s1. The lowest BCUT2D eigenvalue weighted by Gasteiger charge is -2.39. The first-order valence-corrected chi connectivity index (χ1v) is 30.8. The minimum Gasteiger partial charge on any atom is -0.481 e. The van der Waals surface area contributed by atoms with E-state index in [0.717, 1.165) is 62.8 Å². The number of rotatable bonds is 34. The number of aromatic nitrogens is 1. The van der Waals surface area contributed by atoms with Gasteiger partial charge in [-0.15, -0.1) is 23.7 Å². The number of amides is 8. The number of hydrogen-bond donors (Lipinski definition) is 8. The number of anilines is 1. The van der Waals surface area contributed by atoms with Gasteiger partial charge in [0, 0.05) is 42.4 Å². The molecule has 2 heterocycles. The Balaban J connectivity index is 1.40. The highest BCUT2D eigenvalue weighted by atomic mass is 32.1. The normalized spacial score (nSPS) is 16.9. The Labute approximate surface area is 514 Å². The first-order chi connectivity index (χ1) is 41.4. The maximum absolute atomic E-state index is 14.9. The summed E-state index contributed by atoms with van der Waals surface area (Å²) in [7, 11) is 1.90. The molecule has 1 unspecified atom stereocenters. The van der Waals surface area contributed by atoms with Crippen LogP contribution in [0.2, 0.25) is 0 Å². The Morgan fingerprint density at radius 2 is 1.53 bits per heavy atom. The summed E-state index contributed by atoms with van der Waals surface area (Å²) in [6, 6.07) is 4.39. The zero-order chi connectivity index (χ0) is 64.1. The number of thiazole rings is 1. The van der Waals surface area contributed by atoms with E-state index in [1.165, 1.54) is 31.2 Å². The van der Waals surface area contributed by atoms with Crippen LogP contribution in [0.15, 0.2) is 47.5 Å². The largest absolute Gasteiger partial charge is 0.481 e. The van der Waals surface area contributed by atoms with Crippen molar-refractivity contribution in [2.45, 2.75) is 162 Å². The van der Waals surface area contributed by atoms with Crippen LogP contribution in [-0.4, -0.2) is 163 Å². The van der Waals surface area contributed by atoms with Gasteiger partial charge in [-0.1, -0.05) is 77.7 Å². The van der Waals surface area contributed by atoms with E-state index in [-0.39, 0.29) is 80.5 Å². The zero-order valence-corrected chi connectivity index (χ0v) is 52.4. The van der Waals surface area contributed by atoms with Crippen molar-refractivity contribution in [3.05, 3.63) is 63.8 Å². The molecule has 1 aromatic carbocycles. The number of carbonyl (C=O) groups excluding carboxylic acids is 9. The second-order valence-electron chi connectivity index (χ2n) is 23.0. The molecular formula is C62H90N10O14S. The molecule has 0 radical (unpaired) electrons. The Morgan fingerprint density at radius 1 is 0.885 bits per heavy atom. The number of carbonyl (C=O) groups is 10. The Kier molecular flexibility index (Phi) is 30.8. The second-order valence-corrected chi connectivity index (χ2v) is 23.9. The molecule has 1 aliphatic carbocycles. The van der Waals surface area contributed by atoms with Crippen LogP contribution in [0, 0.1) is 29.6 Å². The number of hydrogen-bond acceptors (Lipinski definition) is 16. The average molecular weight is 1230 g/mol. The maximum atomic E-state index is 14.9. The number of benzene rings is 1. The molecule has 1 aromatic heterocycles. The summed E-state index contributed by atoms with van der Waals surface area (Å²) in [5, 5.41) is 31.5. The van der Waals surface area contributed by atoms with E-state index in [9.17, 15) is 53.1 Å². The van der Waals surface area contributed by atoms with Gasteiger partial charge in [-0.2, -0.15) is 0 Å². The monoisotopic (exact) mass is 1230 g/mol. The van der Waals surface area contributed by atoms with E-state index in [0.29, 0.717) is 41.9 Å². The van der Waals surface area contributed by atoms with Crippen LogP contribution >= 0.6 is 11.3 Å². The fourth-order valence-corrected chi connectivity index (χ4v) is 10.4. The molecule has 24 nitrogen and oxygen atoms in total. The summed E-state index contributed by atoms with van der Waals surface area (Å²) in [6.07, 6.45) is 20.0. The average Bonchev–Trinajstić information content (AvgIpc) is 3.53. The van der Waals surface area contributed by atoms with Gasteiger partial charge in [0.05, 0.1) is 56.4 Å². The number of unbranched alkanes of at least 4 members (excludes halogenated alkanes) is 1. The molecule has 1 saturated heterocycles. The van der Waals surface area contributed by atoms with Crippen molar-refractivity contribution in [2.75, 3.05) is 64.9 Å². The smallest absolute Gasteiger partial charge is 0.309 e. The molecule has 2 aromatic rings. The zero-order valence-electron chi connectivity index (χ0n) is 51.6. The van der Waals surface area contributed by atoms with Crippen LogP contribution in [0.5, 0.6) is 0 Å². The molecule has 0 bridgehead atoms. The number of hydroxylamine groups is 2. The van der Waals surface area contributed by atoms with Gasteiger partial charge in [0.1, 0.15) is 30.0 Å². The fourth-order valence-electron chi connectivity index (χ4n) is 9.47. The SMILES string of the molecule is C#CCCCON(C(=O)[C@@H](NC(=O)[C@H]1CCCCN1C)[C@@H](C)CC)[C@H](C[C@@H](COC(C)=O)c1nc(C(=O)N/C(=C/c2ccc(NC(=O)CNC(=O)CNC(=O)CNC(=O)CNC(=O)COC3C=CCCCCC3)cc2)CC(C)(C)C(=O)O)cs1)C(C)C. The van der Waals surface area contributed by atoms with E-state index >= 15 is 0 Å². The lowest BCUT2D eigenvalue weighted by molar-refractivity contribution is -0.211. The minimum absolute atomic E-state index is 0.0108. The molecule has 25 heteroatoms. The number of piperidine rings is 1. The van der Waals surface area contributed by atoms with Crippen molar-refractivity contribution in [1.29, 1.82) is 0 Å². The van der Waals surface area contributed by atoms with E-state index in [1.54, 1.807) is 30.3 Å². The molecular weight excluding hydrogens is 1140 g/mol. The number of likely N-dealkylation sites (tertiary alicyclic amines) is 1. The van der Waals surface area contributed by atoms with Crippen molar-refractivity contribution in [1.82, 2.24) is 46.8 Å². The Bertz CT molecular complexity index is 2760. The highest BCUT2D eigenvalue weighted by Gasteiger charge is 2.40. The lowest BCUT2D eigenvalue weighted by atomic mass is 9.87. The molecule has 1 fully saturated rings. The maximum Gasteiger partial charge on any atom is 0.309 e. The molecule has 478 valence electrons. The predicted octanol–water partition coefficient (Wildman–Crippen LogP) is 4.97. The van der Waals surface area contributed by atoms with Gasteiger partial charge in [0.25, 0.3) is 11.8 Å². The van der Waals surface area contributed by atoms with E-state index in [1.807, 2.05) is 51.8 Å². The topological polar surface area (TPSA) is 322 Å². The van der Waals surface area contributed by atoms with Gasteiger partial charge in [0.2, 0.25) is 35.4 Å². The Morgan fingerprint density at radius 3 is 2.14 bits per heavy atom. The molecule has 6 atom stereocenters. The van der Waals surface area contributed by atoms with Gasteiger partial charge in [0.15, 0.2) is 0 Å². The molecule has 87 heavy (non-hydrogen) atoms. The summed E-state index contributed by atoms with van der Waals surface area (Å²) in [5.41, 5.74) is -0.266. The van der Waals surface area contributed by atoms with Gasteiger partial charge < -0.3 is 51.8 Å². The highest BCUT2D eigenvalue weighted by molar-refractivity contribution is 7.10.